The largest absolute Gasteiger partial charge is 0.343 e. The summed E-state index contributed by atoms with van der Waals surface area (Å²) in [5, 5.41) is 7.49. The topological polar surface area (TPSA) is 78.5 Å². The lowest BCUT2D eigenvalue weighted by Crippen LogP contribution is -2.47. The van der Waals surface area contributed by atoms with Crippen LogP contribution in [0.25, 0.3) is 0 Å². The third kappa shape index (κ3) is 3.40. The second-order valence-electron chi connectivity index (χ2n) is 7.37. The van der Waals surface area contributed by atoms with Crippen LogP contribution >= 0.6 is 11.3 Å². The summed E-state index contributed by atoms with van der Waals surface area (Å²) in [7, 11) is 0. The summed E-state index contributed by atoms with van der Waals surface area (Å²) in [5.74, 6) is -1.04. The molecule has 2 fully saturated rings. The van der Waals surface area contributed by atoms with Crippen molar-refractivity contribution in [3.05, 3.63) is 58.0 Å². The lowest BCUT2D eigenvalue weighted by Gasteiger charge is -2.22. The van der Waals surface area contributed by atoms with Crippen molar-refractivity contribution < 1.29 is 18.8 Å². The molecule has 146 valence electrons. The van der Waals surface area contributed by atoms with Gasteiger partial charge in [-0.15, -0.1) is 11.3 Å². The number of imide groups is 1. The van der Waals surface area contributed by atoms with E-state index in [0.717, 1.165) is 28.2 Å². The van der Waals surface area contributed by atoms with Gasteiger partial charge in [0, 0.05) is 4.88 Å². The summed E-state index contributed by atoms with van der Waals surface area (Å²) >= 11 is 1.46. The monoisotopic (exact) mass is 401 g/mol. The number of amides is 4. The minimum absolute atomic E-state index is 0.134. The summed E-state index contributed by atoms with van der Waals surface area (Å²) < 4.78 is 13.3. The molecule has 1 aromatic heterocycles. The van der Waals surface area contributed by atoms with Gasteiger partial charge in [-0.05, 0) is 54.8 Å². The van der Waals surface area contributed by atoms with E-state index in [-0.39, 0.29) is 24.2 Å². The van der Waals surface area contributed by atoms with Crippen LogP contribution in [-0.2, 0) is 9.59 Å². The van der Waals surface area contributed by atoms with Crippen LogP contribution < -0.4 is 10.6 Å². The van der Waals surface area contributed by atoms with E-state index in [2.05, 4.69) is 10.6 Å². The predicted molar refractivity (Wildman–Crippen MR) is 102 cm³/mol. The molecule has 4 amide bonds. The molecule has 0 radical (unpaired) electrons. The number of benzene rings is 1. The normalized spacial score (nSPS) is 22.9. The Morgan fingerprint density at radius 3 is 2.64 bits per heavy atom. The number of hydrogen-bond acceptors (Lipinski definition) is 4. The van der Waals surface area contributed by atoms with Crippen LogP contribution in [0.5, 0.6) is 0 Å². The van der Waals surface area contributed by atoms with Crippen LogP contribution in [0.2, 0.25) is 0 Å². The van der Waals surface area contributed by atoms with Gasteiger partial charge >= 0.3 is 6.03 Å². The molecule has 8 heteroatoms. The van der Waals surface area contributed by atoms with Crippen LogP contribution in [0.4, 0.5) is 9.18 Å². The van der Waals surface area contributed by atoms with Gasteiger partial charge in [-0.25, -0.2) is 9.18 Å². The van der Waals surface area contributed by atoms with E-state index in [9.17, 15) is 18.8 Å². The molecule has 2 atom stereocenters. The number of rotatable bonds is 6. The standard InChI is InChI=1S/C20H20FN3O3S/c1-20(13-6-7-13)18(26)24(19(27)23-20)11-16(25)22-17(15-3-2-10-28-15)12-4-8-14(21)9-5-12/h2-5,8-10,13,17H,6-7,11H2,1H3,(H,22,25)(H,23,27)/t17-,20-/m1/s1. The average molecular weight is 401 g/mol. The molecule has 28 heavy (non-hydrogen) atoms. The molecule has 2 N–H and O–H groups in total. The third-order valence-electron chi connectivity index (χ3n) is 5.33. The minimum Gasteiger partial charge on any atom is -0.343 e. The van der Waals surface area contributed by atoms with Gasteiger partial charge in [-0.3, -0.25) is 14.5 Å². The molecule has 1 saturated carbocycles. The SMILES string of the molecule is C[C@]1(C2CC2)NC(=O)N(CC(=O)N[C@H](c2ccc(F)cc2)c2cccs2)C1=O. The Morgan fingerprint density at radius 2 is 2.04 bits per heavy atom. The highest BCUT2D eigenvalue weighted by Crippen LogP contribution is 2.42. The zero-order valence-electron chi connectivity index (χ0n) is 15.3. The van der Waals surface area contributed by atoms with E-state index >= 15 is 0 Å². The highest BCUT2D eigenvalue weighted by Gasteiger charge is 2.56. The fourth-order valence-electron chi connectivity index (χ4n) is 3.58. The highest BCUT2D eigenvalue weighted by atomic mass is 32.1. The number of thiophene rings is 1. The minimum atomic E-state index is -0.915. The second kappa shape index (κ2) is 7.01. The van der Waals surface area contributed by atoms with E-state index in [0.29, 0.717) is 0 Å². The number of carbonyl (C=O) groups is 3. The number of urea groups is 1. The van der Waals surface area contributed by atoms with Gasteiger partial charge in [0.1, 0.15) is 17.9 Å². The van der Waals surface area contributed by atoms with Crippen molar-refractivity contribution in [1.82, 2.24) is 15.5 Å². The molecule has 1 saturated heterocycles. The van der Waals surface area contributed by atoms with E-state index in [1.807, 2.05) is 17.5 Å². The van der Waals surface area contributed by atoms with Crippen molar-refractivity contribution in [2.75, 3.05) is 6.54 Å². The third-order valence-corrected chi connectivity index (χ3v) is 6.27. The van der Waals surface area contributed by atoms with Crippen molar-refractivity contribution in [2.24, 2.45) is 5.92 Å². The van der Waals surface area contributed by atoms with E-state index in [1.54, 1.807) is 19.1 Å². The quantitative estimate of drug-likeness (QED) is 0.731. The summed E-state index contributed by atoms with van der Waals surface area (Å²) in [4.78, 5) is 39.5. The van der Waals surface area contributed by atoms with E-state index in [4.69, 9.17) is 0 Å². The second-order valence-corrected chi connectivity index (χ2v) is 8.34. The smallest absolute Gasteiger partial charge is 0.325 e. The molecule has 1 aliphatic carbocycles. The fraction of sp³-hybridized carbons (Fsp3) is 0.350. The molecular formula is C20H20FN3O3S. The Morgan fingerprint density at radius 1 is 1.32 bits per heavy atom. The van der Waals surface area contributed by atoms with E-state index in [1.165, 1.54) is 23.5 Å². The van der Waals surface area contributed by atoms with Gasteiger partial charge in [0.25, 0.3) is 5.91 Å². The lowest BCUT2D eigenvalue weighted by molar-refractivity contribution is -0.135. The number of carbonyl (C=O) groups excluding carboxylic acids is 3. The first kappa shape index (κ1) is 18.6. The average Bonchev–Trinajstić information content (AvgIpc) is 3.35. The summed E-state index contributed by atoms with van der Waals surface area (Å²) in [6, 6.07) is 8.60. The van der Waals surface area contributed by atoms with Gasteiger partial charge in [-0.1, -0.05) is 18.2 Å². The molecule has 0 unspecified atom stereocenters. The molecular weight excluding hydrogens is 381 g/mol. The molecule has 4 rings (SSSR count). The zero-order valence-corrected chi connectivity index (χ0v) is 16.1. The Hall–Kier alpha value is -2.74. The first-order valence-electron chi connectivity index (χ1n) is 9.11. The number of nitrogens with one attached hydrogen (secondary N) is 2. The number of hydrogen-bond donors (Lipinski definition) is 2. The zero-order chi connectivity index (χ0) is 19.9. The maximum Gasteiger partial charge on any atom is 0.325 e. The van der Waals surface area contributed by atoms with Crippen LogP contribution in [0.3, 0.4) is 0 Å². The molecule has 1 aliphatic heterocycles. The molecule has 2 aromatic rings. The maximum absolute atomic E-state index is 13.3. The Labute approximate surface area is 165 Å². The van der Waals surface area contributed by atoms with Crippen LogP contribution in [-0.4, -0.2) is 34.8 Å². The van der Waals surface area contributed by atoms with Crippen LogP contribution in [0.15, 0.2) is 41.8 Å². The molecule has 0 spiro atoms. The van der Waals surface area contributed by atoms with Crippen LogP contribution in [0.1, 0.15) is 36.2 Å². The molecule has 6 nitrogen and oxygen atoms in total. The van der Waals surface area contributed by atoms with Gasteiger partial charge in [0.05, 0.1) is 6.04 Å². The molecule has 2 heterocycles. The maximum atomic E-state index is 13.3. The van der Waals surface area contributed by atoms with Gasteiger partial charge in [0.2, 0.25) is 5.91 Å². The van der Waals surface area contributed by atoms with Crippen molar-refractivity contribution >= 4 is 29.2 Å². The summed E-state index contributed by atoms with van der Waals surface area (Å²) in [6.07, 6.45) is 1.79. The Balaban J connectivity index is 1.50. The molecule has 0 bridgehead atoms. The van der Waals surface area contributed by atoms with Gasteiger partial charge in [0.15, 0.2) is 0 Å². The number of nitrogens with zero attached hydrogens (tertiary/aromatic N) is 1. The summed E-state index contributed by atoms with van der Waals surface area (Å²) in [5.41, 5.74) is -0.196. The van der Waals surface area contributed by atoms with Gasteiger partial charge < -0.3 is 10.6 Å². The highest BCUT2D eigenvalue weighted by molar-refractivity contribution is 7.10. The molecule has 1 aromatic carbocycles. The van der Waals surface area contributed by atoms with E-state index < -0.39 is 23.5 Å². The van der Waals surface area contributed by atoms with Crippen molar-refractivity contribution in [3.8, 4) is 0 Å². The van der Waals surface area contributed by atoms with Crippen LogP contribution in [0, 0.1) is 11.7 Å². The van der Waals surface area contributed by atoms with Gasteiger partial charge in [-0.2, -0.15) is 0 Å². The van der Waals surface area contributed by atoms with Crippen molar-refractivity contribution in [3.63, 3.8) is 0 Å². The Bertz CT molecular complexity index is 911. The predicted octanol–water partition coefficient (Wildman–Crippen LogP) is 2.81. The first-order chi connectivity index (χ1) is 13.4. The van der Waals surface area contributed by atoms with Crippen molar-refractivity contribution in [2.45, 2.75) is 31.3 Å². The van der Waals surface area contributed by atoms with Crippen molar-refractivity contribution in [1.29, 1.82) is 0 Å². The lowest BCUT2D eigenvalue weighted by atomic mass is 9.96. The molecule has 2 aliphatic rings. The number of halogens is 1. The summed E-state index contributed by atoms with van der Waals surface area (Å²) in [6.45, 7) is 1.37. The first-order valence-corrected chi connectivity index (χ1v) is 9.99. The fourth-order valence-corrected chi connectivity index (χ4v) is 4.38. The Kier molecular flexibility index (Phi) is 4.66.